The smallest absolute Gasteiger partial charge is 0.244 e. The van der Waals surface area contributed by atoms with Crippen LogP contribution in [0.25, 0.3) is 0 Å². The minimum Gasteiger partial charge on any atom is -0.324 e. The molecule has 0 saturated carbocycles. The molecule has 1 aliphatic heterocycles. The van der Waals surface area contributed by atoms with Crippen molar-refractivity contribution in [3.05, 3.63) is 30.6 Å². The zero-order chi connectivity index (χ0) is 16.3. The van der Waals surface area contributed by atoms with Crippen LogP contribution in [0.3, 0.4) is 0 Å². The molecule has 1 fully saturated rings. The van der Waals surface area contributed by atoms with Crippen molar-refractivity contribution in [2.45, 2.75) is 41.8 Å². The Kier molecular flexibility index (Phi) is 6.26. The Labute approximate surface area is 152 Å². The van der Waals surface area contributed by atoms with E-state index >= 15 is 0 Å². The van der Waals surface area contributed by atoms with Gasteiger partial charge < -0.3 is 15.2 Å². The van der Waals surface area contributed by atoms with Crippen LogP contribution in [-0.2, 0) is 11.8 Å². The molecule has 1 saturated heterocycles. The van der Waals surface area contributed by atoms with E-state index < -0.39 is 5.54 Å². The predicted octanol–water partition coefficient (Wildman–Crippen LogP) is 2.86. The molecule has 1 aliphatic rings. The van der Waals surface area contributed by atoms with E-state index in [-0.39, 0.29) is 18.3 Å². The van der Waals surface area contributed by atoms with E-state index in [1.165, 1.54) is 0 Å². The summed E-state index contributed by atoms with van der Waals surface area (Å²) in [6, 6.07) is 7.81. The molecular formula is C16H22ClN5OS. The van der Waals surface area contributed by atoms with Gasteiger partial charge in [0, 0.05) is 17.6 Å². The van der Waals surface area contributed by atoms with Crippen LogP contribution >= 0.6 is 24.2 Å². The molecule has 1 atom stereocenters. The van der Waals surface area contributed by atoms with Gasteiger partial charge in [-0.15, -0.1) is 22.6 Å². The van der Waals surface area contributed by atoms with Gasteiger partial charge in [0.05, 0.1) is 5.54 Å². The first-order valence-electron chi connectivity index (χ1n) is 7.81. The van der Waals surface area contributed by atoms with Crippen LogP contribution in [0.1, 0.15) is 26.2 Å². The summed E-state index contributed by atoms with van der Waals surface area (Å²) in [6.07, 6.45) is 4.43. The number of rotatable bonds is 5. The van der Waals surface area contributed by atoms with E-state index in [4.69, 9.17) is 0 Å². The van der Waals surface area contributed by atoms with Crippen molar-refractivity contribution >= 4 is 35.8 Å². The Bertz CT molecular complexity index is 682. The van der Waals surface area contributed by atoms with Crippen LogP contribution in [0.15, 0.2) is 40.6 Å². The molecule has 1 aromatic heterocycles. The Morgan fingerprint density at radius 3 is 2.71 bits per heavy atom. The van der Waals surface area contributed by atoms with Gasteiger partial charge >= 0.3 is 0 Å². The SMILES string of the molecule is CCC1(C(=O)Nc2ccc(Sc3nncn3C)cc2)CCCN1.Cl. The van der Waals surface area contributed by atoms with Crippen LogP contribution in [0.2, 0.25) is 0 Å². The number of hydrogen-bond acceptors (Lipinski definition) is 5. The summed E-state index contributed by atoms with van der Waals surface area (Å²) in [4.78, 5) is 13.6. The lowest BCUT2D eigenvalue weighted by Crippen LogP contribution is -2.50. The second-order valence-electron chi connectivity index (χ2n) is 5.77. The molecule has 3 rings (SSSR count). The van der Waals surface area contributed by atoms with Crippen LogP contribution in [0.5, 0.6) is 0 Å². The first-order valence-corrected chi connectivity index (χ1v) is 8.63. The minimum absolute atomic E-state index is 0. The molecule has 8 heteroatoms. The van der Waals surface area contributed by atoms with Crippen molar-refractivity contribution < 1.29 is 4.79 Å². The fourth-order valence-electron chi connectivity index (χ4n) is 2.79. The third-order valence-corrected chi connectivity index (χ3v) is 5.33. The monoisotopic (exact) mass is 367 g/mol. The maximum absolute atomic E-state index is 12.6. The van der Waals surface area contributed by atoms with Gasteiger partial charge in [-0.05, 0) is 61.8 Å². The number of amides is 1. The third kappa shape index (κ3) is 3.91. The fourth-order valence-corrected chi connectivity index (χ4v) is 3.55. The van der Waals surface area contributed by atoms with Crippen molar-refractivity contribution in [2.24, 2.45) is 7.05 Å². The Balaban J connectivity index is 0.00000208. The maximum atomic E-state index is 12.6. The number of anilines is 1. The van der Waals surface area contributed by atoms with Crippen molar-refractivity contribution in [3.8, 4) is 0 Å². The molecule has 6 nitrogen and oxygen atoms in total. The highest BCUT2D eigenvalue weighted by Crippen LogP contribution is 2.28. The summed E-state index contributed by atoms with van der Waals surface area (Å²) in [7, 11) is 1.91. The van der Waals surface area contributed by atoms with E-state index in [9.17, 15) is 4.79 Å². The largest absolute Gasteiger partial charge is 0.324 e. The molecule has 130 valence electrons. The van der Waals surface area contributed by atoms with Gasteiger partial charge in [0.2, 0.25) is 5.91 Å². The lowest BCUT2D eigenvalue weighted by atomic mass is 9.93. The fraction of sp³-hybridized carbons (Fsp3) is 0.438. The van der Waals surface area contributed by atoms with Gasteiger partial charge in [-0.25, -0.2) is 0 Å². The summed E-state index contributed by atoms with van der Waals surface area (Å²) in [5.41, 5.74) is 0.408. The van der Waals surface area contributed by atoms with Crippen molar-refractivity contribution in [3.63, 3.8) is 0 Å². The molecular weight excluding hydrogens is 346 g/mol. The predicted molar refractivity (Wildman–Crippen MR) is 97.7 cm³/mol. The molecule has 2 aromatic rings. The van der Waals surface area contributed by atoms with Gasteiger partial charge in [-0.2, -0.15) is 0 Å². The van der Waals surface area contributed by atoms with Crippen molar-refractivity contribution in [1.29, 1.82) is 0 Å². The normalized spacial score (nSPS) is 19.8. The standard InChI is InChI=1S/C16H21N5OS.ClH/c1-3-16(9-4-10-17-16)14(22)19-12-5-7-13(8-6-12)23-15-20-18-11-21(15)2;/h5-8,11,17H,3-4,9-10H2,1-2H3,(H,19,22);1H. The summed E-state index contributed by atoms with van der Waals surface area (Å²) in [5, 5.41) is 15.1. The Morgan fingerprint density at radius 1 is 1.42 bits per heavy atom. The number of carbonyl (C=O) groups excluding carboxylic acids is 1. The quantitative estimate of drug-likeness (QED) is 0.850. The third-order valence-electron chi connectivity index (χ3n) is 4.27. The van der Waals surface area contributed by atoms with E-state index in [0.29, 0.717) is 0 Å². The highest BCUT2D eigenvalue weighted by Gasteiger charge is 2.38. The molecule has 1 aromatic carbocycles. The van der Waals surface area contributed by atoms with Gasteiger partial charge in [0.15, 0.2) is 5.16 Å². The summed E-state index contributed by atoms with van der Waals surface area (Å²) in [6.45, 7) is 2.97. The number of halogens is 1. The van der Waals surface area contributed by atoms with Gasteiger partial charge in [0.1, 0.15) is 6.33 Å². The zero-order valence-electron chi connectivity index (χ0n) is 13.8. The Hall–Kier alpha value is -1.57. The lowest BCUT2D eigenvalue weighted by molar-refractivity contribution is -0.122. The molecule has 1 amide bonds. The number of aromatic nitrogens is 3. The van der Waals surface area contributed by atoms with Crippen LogP contribution in [0, 0.1) is 0 Å². The molecule has 1 unspecified atom stereocenters. The Morgan fingerprint density at radius 2 is 2.17 bits per heavy atom. The number of carbonyl (C=O) groups is 1. The molecule has 2 heterocycles. The first-order chi connectivity index (χ1) is 11.1. The van der Waals surface area contributed by atoms with Crippen molar-refractivity contribution in [1.82, 2.24) is 20.1 Å². The topological polar surface area (TPSA) is 71.8 Å². The van der Waals surface area contributed by atoms with Gasteiger partial charge in [0.25, 0.3) is 0 Å². The maximum Gasteiger partial charge on any atom is 0.244 e. The lowest BCUT2D eigenvalue weighted by Gasteiger charge is -2.26. The summed E-state index contributed by atoms with van der Waals surface area (Å²) >= 11 is 1.54. The first kappa shape index (κ1) is 18.8. The highest BCUT2D eigenvalue weighted by atomic mass is 35.5. The number of benzene rings is 1. The number of hydrogen-bond donors (Lipinski definition) is 2. The summed E-state index contributed by atoms with van der Waals surface area (Å²) in [5.74, 6) is 0.0613. The van der Waals surface area contributed by atoms with Crippen LogP contribution in [-0.4, -0.2) is 32.8 Å². The average molecular weight is 368 g/mol. The second-order valence-corrected chi connectivity index (χ2v) is 6.81. The van der Waals surface area contributed by atoms with Crippen LogP contribution in [0.4, 0.5) is 5.69 Å². The second kappa shape index (κ2) is 8.00. The zero-order valence-corrected chi connectivity index (χ0v) is 15.4. The van der Waals surface area contributed by atoms with E-state index in [1.54, 1.807) is 18.1 Å². The molecule has 0 bridgehead atoms. The average Bonchev–Trinajstić information content (AvgIpc) is 3.20. The van der Waals surface area contributed by atoms with Crippen LogP contribution < -0.4 is 10.6 Å². The highest BCUT2D eigenvalue weighted by molar-refractivity contribution is 7.99. The molecule has 0 aliphatic carbocycles. The summed E-state index contributed by atoms with van der Waals surface area (Å²) < 4.78 is 1.87. The van der Waals surface area contributed by atoms with E-state index in [0.717, 1.165) is 41.5 Å². The van der Waals surface area contributed by atoms with E-state index in [2.05, 4.69) is 27.8 Å². The van der Waals surface area contributed by atoms with E-state index in [1.807, 2.05) is 35.9 Å². The molecule has 24 heavy (non-hydrogen) atoms. The number of aryl methyl sites for hydroxylation is 1. The minimum atomic E-state index is -0.411. The molecule has 0 spiro atoms. The number of nitrogens with zero attached hydrogens (tertiary/aromatic N) is 3. The number of nitrogens with one attached hydrogen (secondary N) is 2. The molecule has 0 radical (unpaired) electrons. The van der Waals surface area contributed by atoms with Gasteiger partial charge in [-0.1, -0.05) is 6.92 Å². The van der Waals surface area contributed by atoms with Crippen molar-refractivity contribution in [2.75, 3.05) is 11.9 Å². The molecule has 2 N–H and O–H groups in total. The van der Waals surface area contributed by atoms with Gasteiger partial charge in [-0.3, -0.25) is 4.79 Å².